The van der Waals surface area contributed by atoms with Crippen molar-refractivity contribution in [2.45, 2.75) is 97.5 Å². The molecule has 2 amide bonds. The first-order chi connectivity index (χ1) is 24.3. The Balaban J connectivity index is 1.83. The number of amides is 2. The third-order valence-corrected chi connectivity index (χ3v) is 7.83. The highest BCUT2D eigenvalue weighted by Gasteiger charge is 2.36. The Morgan fingerprint density at radius 1 is 0.558 bits per heavy atom. The number of rotatable bonds is 15. The Morgan fingerprint density at radius 2 is 0.981 bits per heavy atom. The summed E-state index contributed by atoms with van der Waals surface area (Å²) in [4.78, 5) is 42.3. The molecule has 0 saturated carbocycles. The van der Waals surface area contributed by atoms with Gasteiger partial charge in [-0.2, -0.15) is 0 Å². The predicted molar refractivity (Wildman–Crippen MR) is 204 cm³/mol. The van der Waals surface area contributed by atoms with E-state index in [2.05, 4.69) is 41.7 Å². The lowest BCUT2D eigenvalue weighted by molar-refractivity contribution is -0.156. The Bertz CT molecular complexity index is 1520. The van der Waals surface area contributed by atoms with Crippen molar-refractivity contribution in [2.24, 2.45) is 0 Å². The molecular weight excluding hydrogens is 658 g/mol. The second kappa shape index (κ2) is 18.3. The zero-order valence-electron chi connectivity index (χ0n) is 32.8. The van der Waals surface area contributed by atoms with Crippen LogP contribution in [0.3, 0.4) is 0 Å². The van der Waals surface area contributed by atoms with E-state index in [1.54, 1.807) is 53.6 Å². The predicted octanol–water partition coefficient (Wildman–Crippen LogP) is 8.17. The maximum atomic E-state index is 13.5. The Morgan fingerprint density at radius 3 is 1.44 bits per heavy atom. The van der Waals surface area contributed by atoms with E-state index in [0.717, 1.165) is 22.4 Å². The van der Waals surface area contributed by atoms with Crippen LogP contribution in [0.5, 0.6) is 5.75 Å². The molecule has 0 spiro atoms. The molecule has 0 saturated heterocycles. The fraction of sp³-hybridized carbons (Fsp3) is 0.500. The summed E-state index contributed by atoms with van der Waals surface area (Å²) in [5.41, 5.74) is 0.342. The number of nitrogens with zero attached hydrogens (tertiary/aromatic N) is 2. The first kappa shape index (κ1) is 41.8. The molecule has 52 heavy (non-hydrogen) atoms. The molecule has 10 heteroatoms. The van der Waals surface area contributed by atoms with E-state index in [-0.39, 0.29) is 13.1 Å². The van der Waals surface area contributed by atoms with Crippen LogP contribution >= 0.6 is 0 Å². The average molecular weight is 718 g/mol. The van der Waals surface area contributed by atoms with Gasteiger partial charge in [-0.3, -0.25) is 15.0 Å². The molecule has 0 aliphatic carbocycles. The van der Waals surface area contributed by atoms with Crippen molar-refractivity contribution in [3.05, 3.63) is 102 Å². The number of carbonyl (C=O) groups excluding carboxylic acids is 3. The largest absolute Gasteiger partial charge is 0.497 e. The van der Waals surface area contributed by atoms with Gasteiger partial charge in [-0.25, -0.2) is 9.59 Å². The molecule has 10 nitrogen and oxygen atoms in total. The lowest BCUT2D eigenvalue weighted by Gasteiger charge is -2.37. The average Bonchev–Trinajstić information content (AvgIpc) is 3.05. The number of nitrogens with one attached hydrogen (secondary N) is 1. The zero-order valence-corrected chi connectivity index (χ0v) is 32.8. The third-order valence-electron chi connectivity index (χ3n) is 7.83. The Kier molecular flexibility index (Phi) is 14.7. The van der Waals surface area contributed by atoms with Crippen molar-refractivity contribution in [1.29, 1.82) is 0 Å². The molecule has 0 atom stereocenters. The SMILES string of the molecule is COc1ccc(C(NCCCN(CCCN(CC(=O)OC(C)(C)C)C(=O)OC(C)(C)C)C(=O)OC(C)(C)C)(c2ccccc2)c2ccccc2)cc1. The van der Waals surface area contributed by atoms with Gasteiger partial charge in [-0.05, 0) is 111 Å². The molecular formula is C42H59N3O7. The number of hydrogen-bond acceptors (Lipinski definition) is 8. The molecule has 0 aliphatic rings. The van der Waals surface area contributed by atoms with Crippen LogP contribution < -0.4 is 10.1 Å². The minimum atomic E-state index is -0.751. The van der Waals surface area contributed by atoms with E-state index in [1.165, 1.54) is 4.90 Å². The molecule has 3 rings (SSSR count). The second-order valence-electron chi connectivity index (χ2n) is 15.8. The Hall–Kier alpha value is -4.57. The molecule has 284 valence electrons. The summed E-state index contributed by atoms with van der Waals surface area (Å²) in [7, 11) is 1.65. The molecule has 3 aromatic rings. The minimum absolute atomic E-state index is 0.175. The number of benzene rings is 3. The fourth-order valence-electron chi connectivity index (χ4n) is 5.73. The smallest absolute Gasteiger partial charge is 0.410 e. The molecule has 0 fully saturated rings. The van der Waals surface area contributed by atoms with E-state index >= 15 is 0 Å². The molecule has 0 aliphatic heterocycles. The highest BCUT2D eigenvalue weighted by molar-refractivity contribution is 5.78. The molecule has 0 heterocycles. The van der Waals surface area contributed by atoms with Crippen LogP contribution in [0.25, 0.3) is 0 Å². The lowest BCUT2D eigenvalue weighted by Crippen LogP contribution is -2.46. The van der Waals surface area contributed by atoms with Crippen molar-refractivity contribution in [3.8, 4) is 5.75 Å². The zero-order chi connectivity index (χ0) is 38.6. The number of ether oxygens (including phenoxy) is 4. The summed E-state index contributed by atoms with van der Waals surface area (Å²) in [5.74, 6) is 0.230. The highest BCUT2D eigenvalue weighted by Crippen LogP contribution is 2.37. The Labute approximate surface area is 310 Å². The quantitative estimate of drug-likeness (QED) is 0.0727. The first-order valence-electron chi connectivity index (χ1n) is 18.0. The molecule has 0 radical (unpaired) electrons. The maximum absolute atomic E-state index is 13.5. The summed E-state index contributed by atoms with van der Waals surface area (Å²) in [6.45, 7) is 17.3. The van der Waals surface area contributed by atoms with Gasteiger partial charge < -0.3 is 23.8 Å². The van der Waals surface area contributed by atoms with Crippen molar-refractivity contribution in [3.63, 3.8) is 0 Å². The van der Waals surface area contributed by atoms with Crippen molar-refractivity contribution < 1.29 is 33.3 Å². The second-order valence-corrected chi connectivity index (χ2v) is 15.8. The summed E-state index contributed by atoms with van der Waals surface area (Å²) in [6, 6.07) is 28.7. The first-order valence-corrected chi connectivity index (χ1v) is 18.0. The molecule has 0 aromatic heterocycles. The molecule has 3 aromatic carbocycles. The van der Waals surface area contributed by atoms with Gasteiger partial charge in [0.2, 0.25) is 0 Å². The lowest BCUT2D eigenvalue weighted by atomic mass is 9.77. The molecule has 0 unspecified atom stereocenters. The minimum Gasteiger partial charge on any atom is -0.497 e. The van der Waals surface area contributed by atoms with E-state index in [9.17, 15) is 14.4 Å². The summed E-state index contributed by atoms with van der Waals surface area (Å²) < 4.78 is 22.3. The standard InChI is InChI=1S/C42H59N3O7/c1-39(2,3)50-36(46)31-45(38(48)52-41(7,8)9)30-18-29-44(37(47)51-40(4,5)6)28-17-27-43-42(32-19-13-11-14-20-32,33-21-15-12-16-22-33)34-23-25-35(49-10)26-24-34/h11-16,19-26,43H,17-18,27-31H2,1-10H3. The summed E-state index contributed by atoms with van der Waals surface area (Å²) in [6.07, 6.45) is -0.0812. The summed E-state index contributed by atoms with van der Waals surface area (Å²) in [5, 5.41) is 3.87. The molecule has 1 N–H and O–H groups in total. The van der Waals surface area contributed by atoms with Crippen LogP contribution in [0.15, 0.2) is 84.9 Å². The normalized spacial score (nSPS) is 12.1. The number of esters is 1. The van der Waals surface area contributed by atoms with Crippen molar-refractivity contribution >= 4 is 18.2 Å². The van der Waals surface area contributed by atoms with Crippen LogP contribution in [0.4, 0.5) is 9.59 Å². The van der Waals surface area contributed by atoms with Gasteiger partial charge in [-0.1, -0.05) is 72.8 Å². The van der Waals surface area contributed by atoms with Crippen LogP contribution in [0.2, 0.25) is 0 Å². The van der Waals surface area contributed by atoms with Crippen LogP contribution in [-0.4, -0.2) is 84.6 Å². The fourth-order valence-corrected chi connectivity index (χ4v) is 5.73. The van der Waals surface area contributed by atoms with Gasteiger partial charge in [0.15, 0.2) is 0 Å². The van der Waals surface area contributed by atoms with E-state index in [1.807, 2.05) is 69.3 Å². The van der Waals surface area contributed by atoms with Crippen molar-refractivity contribution in [2.75, 3.05) is 39.8 Å². The number of methoxy groups -OCH3 is 1. The number of carbonyl (C=O) groups is 3. The van der Waals surface area contributed by atoms with Gasteiger partial charge in [0.05, 0.1) is 12.6 Å². The maximum Gasteiger partial charge on any atom is 0.410 e. The summed E-state index contributed by atoms with van der Waals surface area (Å²) >= 11 is 0. The topological polar surface area (TPSA) is 107 Å². The van der Waals surface area contributed by atoms with Gasteiger partial charge in [0.1, 0.15) is 29.1 Å². The van der Waals surface area contributed by atoms with Crippen LogP contribution in [0.1, 0.15) is 91.8 Å². The van der Waals surface area contributed by atoms with Gasteiger partial charge in [0.25, 0.3) is 0 Å². The monoisotopic (exact) mass is 717 g/mol. The third kappa shape index (κ3) is 13.2. The van der Waals surface area contributed by atoms with E-state index in [4.69, 9.17) is 18.9 Å². The van der Waals surface area contributed by atoms with Crippen LogP contribution in [0, 0.1) is 0 Å². The highest BCUT2D eigenvalue weighted by atomic mass is 16.6. The van der Waals surface area contributed by atoms with Crippen molar-refractivity contribution in [1.82, 2.24) is 15.1 Å². The van der Waals surface area contributed by atoms with Gasteiger partial charge in [0, 0.05) is 19.6 Å². The van der Waals surface area contributed by atoms with E-state index < -0.39 is 40.5 Å². The van der Waals surface area contributed by atoms with E-state index in [0.29, 0.717) is 32.5 Å². The van der Waals surface area contributed by atoms with Crippen LogP contribution in [-0.2, 0) is 24.5 Å². The van der Waals surface area contributed by atoms with Gasteiger partial charge >= 0.3 is 18.2 Å². The van der Waals surface area contributed by atoms with Gasteiger partial charge in [-0.15, -0.1) is 0 Å². The number of hydrogen-bond donors (Lipinski definition) is 1. The molecule has 0 bridgehead atoms.